The predicted octanol–water partition coefficient (Wildman–Crippen LogP) is 2.11. The molecule has 2 N–H and O–H groups in total. The van der Waals surface area contributed by atoms with Gasteiger partial charge in [0.15, 0.2) is 0 Å². The Morgan fingerprint density at radius 1 is 1.25 bits per heavy atom. The summed E-state index contributed by atoms with van der Waals surface area (Å²) in [5, 5.41) is 13.6. The van der Waals surface area contributed by atoms with Crippen molar-refractivity contribution in [3.63, 3.8) is 0 Å². The standard InChI is InChI=1S/C16H17FN6O/c1-22-13(6-9-19-22)5-8-18-16(24)21-14-11-12(17)3-4-15(14)23-10-2-7-20-23/h2-4,6-7,9-11H,5,8H2,1H3,(H2,18,21,24). The van der Waals surface area contributed by atoms with E-state index in [1.54, 1.807) is 40.1 Å². The fourth-order valence-electron chi connectivity index (χ4n) is 2.34. The lowest BCUT2D eigenvalue weighted by Gasteiger charge is -2.12. The third kappa shape index (κ3) is 3.60. The van der Waals surface area contributed by atoms with Crippen LogP contribution < -0.4 is 10.6 Å². The lowest BCUT2D eigenvalue weighted by Crippen LogP contribution is -2.31. The topological polar surface area (TPSA) is 76.8 Å². The first-order valence-corrected chi connectivity index (χ1v) is 7.45. The van der Waals surface area contributed by atoms with Crippen LogP contribution in [-0.2, 0) is 13.5 Å². The second-order valence-electron chi connectivity index (χ2n) is 5.19. The molecular weight excluding hydrogens is 311 g/mol. The number of urea groups is 1. The van der Waals surface area contributed by atoms with Crippen molar-refractivity contribution in [3.8, 4) is 5.69 Å². The van der Waals surface area contributed by atoms with Gasteiger partial charge in [-0.2, -0.15) is 10.2 Å². The summed E-state index contributed by atoms with van der Waals surface area (Å²) in [7, 11) is 1.85. The van der Waals surface area contributed by atoms with Crippen LogP contribution in [0.4, 0.5) is 14.9 Å². The Morgan fingerprint density at radius 3 is 2.83 bits per heavy atom. The molecule has 0 radical (unpaired) electrons. The molecule has 2 aromatic heterocycles. The van der Waals surface area contributed by atoms with Crippen LogP contribution in [0.5, 0.6) is 0 Å². The number of carbonyl (C=O) groups excluding carboxylic acids is 1. The molecular formula is C16H17FN6O. The van der Waals surface area contributed by atoms with Gasteiger partial charge in [0.2, 0.25) is 0 Å². The normalized spacial score (nSPS) is 10.6. The molecule has 0 saturated carbocycles. The highest BCUT2D eigenvalue weighted by Crippen LogP contribution is 2.20. The molecule has 0 aliphatic heterocycles. The van der Waals surface area contributed by atoms with Gasteiger partial charge in [-0.05, 0) is 30.3 Å². The Labute approximate surface area is 138 Å². The van der Waals surface area contributed by atoms with Crippen LogP contribution in [0.15, 0.2) is 48.9 Å². The first kappa shape index (κ1) is 15.7. The monoisotopic (exact) mass is 328 g/mol. The molecule has 2 amide bonds. The Kier molecular flexibility index (Phi) is 4.55. The molecule has 124 valence electrons. The van der Waals surface area contributed by atoms with Crippen LogP contribution in [0, 0.1) is 5.82 Å². The van der Waals surface area contributed by atoms with E-state index in [1.165, 1.54) is 12.1 Å². The Balaban J connectivity index is 1.64. The summed E-state index contributed by atoms with van der Waals surface area (Å²) in [5.74, 6) is -0.434. The van der Waals surface area contributed by atoms with Crippen molar-refractivity contribution in [2.45, 2.75) is 6.42 Å². The maximum absolute atomic E-state index is 13.5. The van der Waals surface area contributed by atoms with Gasteiger partial charge in [-0.25, -0.2) is 13.9 Å². The molecule has 0 spiro atoms. The van der Waals surface area contributed by atoms with Crippen LogP contribution in [0.25, 0.3) is 5.69 Å². The number of amides is 2. The van der Waals surface area contributed by atoms with Gasteiger partial charge < -0.3 is 10.6 Å². The number of anilines is 1. The van der Waals surface area contributed by atoms with E-state index >= 15 is 0 Å². The lowest BCUT2D eigenvalue weighted by atomic mass is 10.2. The van der Waals surface area contributed by atoms with Crippen molar-refractivity contribution in [3.05, 3.63) is 60.4 Å². The van der Waals surface area contributed by atoms with Crippen LogP contribution in [0.3, 0.4) is 0 Å². The number of nitrogens with zero attached hydrogens (tertiary/aromatic N) is 4. The fraction of sp³-hybridized carbons (Fsp3) is 0.188. The Bertz CT molecular complexity index is 827. The number of carbonyl (C=O) groups is 1. The number of hydrogen-bond acceptors (Lipinski definition) is 3. The summed E-state index contributed by atoms with van der Waals surface area (Å²) in [4.78, 5) is 12.1. The molecule has 7 nitrogen and oxygen atoms in total. The molecule has 0 bridgehead atoms. The van der Waals surface area contributed by atoms with Gasteiger partial charge in [0, 0.05) is 44.3 Å². The molecule has 8 heteroatoms. The van der Waals surface area contributed by atoms with Gasteiger partial charge in [0.1, 0.15) is 5.82 Å². The average Bonchev–Trinajstić information content (AvgIpc) is 3.20. The lowest BCUT2D eigenvalue weighted by molar-refractivity contribution is 0.252. The van der Waals surface area contributed by atoms with Gasteiger partial charge in [0.25, 0.3) is 0 Å². The summed E-state index contributed by atoms with van der Waals surface area (Å²) in [6.45, 7) is 0.442. The maximum Gasteiger partial charge on any atom is 0.319 e. The number of nitrogens with one attached hydrogen (secondary N) is 2. The second-order valence-corrected chi connectivity index (χ2v) is 5.19. The smallest absolute Gasteiger partial charge is 0.319 e. The molecule has 0 aliphatic carbocycles. The Morgan fingerprint density at radius 2 is 2.12 bits per heavy atom. The Hall–Kier alpha value is -3.16. The minimum Gasteiger partial charge on any atom is -0.337 e. The molecule has 0 fully saturated rings. The van der Waals surface area contributed by atoms with Gasteiger partial charge in [0.05, 0.1) is 11.4 Å². The van der Waals surface area contributed by atoms with Crippen molar-refractivity contribution < 1.29 is 9.18 Å². The first-order valence-electron chi connectivity index (χ1n) is 7.45. The summed E-state index contributed by atoms with van der Waals surface area (Å²) < 4.78 is 16.8. The average molecular weight is 328 g/mol. The van der Waals surface area contributed by atoms with E-state index in [2.05, 4.69) is 20.8 Å². The van der Waals surface area contributed by atoms with Crippen molar-refractivity contribution in [1.82, 2.24) is 24.9 Å². The first-order chi connectivity index (χ1) is 11.6. The van der Waals surface area contributed by atoms with Gasteiger partial charge >= 0.3 is 6.03 Å². The molecule has 0 atom stereocenters. The molecule has 3 rings (SSSR count). The second kappa shape index (κ2) is 6.95. The molecule has 0 saturated heterocycles. The van der Waals surface area contributed by atoms with Crippen molar-refractivity contribution in [1.29, 1.82) is 0 Å². The number of aromatic nitrogens is 4. The van der Waals surface area contributed by atoms with E-state index < -0.39 is 11.8 Å². The molecule has 3 aromatic rings. The highest BCUT2D eigenvalue weighted by Gasteiger charge is 2.10. The largest absolute Gasteiger partial charge is 0.337 e. The zero-order valence-electron chi connectivity index (χ0n) is 13.1. The van der Waals surface area contributed by atoms with Gasteiger partial charge in [-0.1, -0.05) is 0 Å². The van der Waals surface area contributed by atoms with E-state index in [-0.39, 0.29) is 0 Å². The van der Waals surface area contributed by atoms with E-state index in [9.17, 15) is 9.18 Å². The van der Waals surface area contributed by atoms with E-state index in [0.29, 0.717) is 24.3 Å². The number of halogens is 1. The van der Waals surface area contributed by atoms with Crippen molar-refractivity contribution >= 4 is 11.7 Å². The molecule has 24 heavy (non-hydrogen) atoms. The molecule has 0 aliphatic rings. The van der Waals surface area contributed by atoms with Crippen LogP contribution in [-0.4, -0.2) is 32.1 Å². The third-order valence-electron chi connectivity index (χ3n) is 3.55. The van der Waals surface area contributed by atoms with Crippen molar-refractivity contribution in [2.24, 2.45) is 7.05 Å². The van der Waals surface area contributed by atoms with Crippen LogP contribution in [0.1, 0.15) is 5.69 Å². The number of rotatable bonds is 5. The minimum atomic E-state index is -0.434. The number of aryl methyl sites for hydroxylation is 1. The van der Waals surface area contributed by atoms with Gasteiger partial charge in [-0.15, -0.1) is 0 Å². The quantitative estimate of drug-likeness (QED) is 0.753. The zero-order chi connectivity index (χ0) is 16.9. The predicted molar refractivity (Wildman–Crippen MR) is 87.5 cm³/mol. The van der Waals surface area contributed by atoms with Crippen LogP contribution >= 0.6 is 0 Å². The molecule has 0 unspecified atom stereocenters. The third-order valence-corrected chi connectivity index (χ3v) is 3.55. The minimum absolute atomic E-state index is 0.344. The number of benzene rings is 1. The molecule has 2 heterocycles. The van der Waals surface area contributed by atoms with E-state index in [4.69, 9.17) is 0 Å². The summed E-state index contributed by atoms with van der Waals surface area (Å²) in [6.07, 6.45) is 5.69. The highest BCUT2D eigenvalue weighted by molar-refractivity contribution is 5.91. The van der Waals surface area contributed by atoms with E-state index in [0.717, 1.165) is 5.69 Å². The summed E-state index contributed by atoms with van der Waals surface area (Å²) in [5.41, 5.74) is 1.94. The van der Waals surface area contributed by atoms with Crippen LogP contribution in [0.2, 0.25) is 0 Å². The highest BCUT2D eigenvalue weighted by atomic mass is 19.1. The summed E-state index contributed by atoms with van der Waals surface area (Å²) in [6, 6.07) is 7.38. The number of hydrogen-bond donors (Lipinski definition) is 2. The van der Waals surface area contributed by atoms with Gasteiger partial charge in [-0.3, -0.25) is 4.68 Å². The fourth-order valence-corrected chi connectivity index (χ4v) is 2.34. The SMILES string of the molecule is Cn1nccc1CCNC(=O)Nc1cc(F)ccc1-n1cccn1. The molecule has 1 aromatic carbocycles. The summed E-state index contributed by atoms with van der Waals surface area (Å²) >= 11 is 0. The maximum atomic E-state index is 13.5. The van der Waals surface area contributed by atoms with Crippen molar-refractivity contribution in [2.75, 3.05) is 11.9 Å². The zero-order valence-corrected chi connectivity index (χ0v) is 13.1. The van der Waals surface area contributed by atoms with E-state index in [1.807, 2.05) is 13.1 Å².